The Hall–Kier alpha value is -0.0800. The average Bonchev–Trinajstić information content (AvgIpc) is 1.57. The first-order chi connectivity index (χ1) is 4.21. The van der Waals surface area contributed by atoms with E-state index in [9.17, 15) is 0 Å². The SMILES string of the molecule is [2H]C([2H])(O)CCC([2H])(C)O. The molecule has 0 heterocycles. The van der Waals surface area contributed by atoms with E-state index in [1.54, 1.807) is 0 Å². The number of aliphatic hydroxyl groups is 2. The lowest BCUT2D eigenvalue weighted by atomic mass is 10.2. The Kier molecular flexibility index (Phi) is 1.78. The second-order valence-electron chi connectivity index (χ2n) is 1.39. The van der Waals surface area contributed by atoms with Crippen molar-refractivity contribution < 1.29 is 14.3 Å². The minimum absolute atomic E-state index is 0.0729. The molecule has 0 saturated carbocycles. The Labute approximate surface area is 48.0 Å². The van der Waals surface area contributed by atoms with Crippen molar-refractivity contribution in [1.29, 1.82) is 0 Å². The van der Waals surface area contributed by atoms with Crippen molar-refractivity contribution in [2.45, 2.75) is 25.8 Å². The molecule has 0 saturated heterocycles. The normalized spacial score (nSPS) is 27.0. The first kappa shape index (κ1) is 3.05. The summed E-state index contributed by atoms with van der Waals surface area (Å²) in [5.41, 5.74) is 0. The smallest absolute Gasteiger partial charge is 0.0597 e. The van der Waals surface area contributed by atoms with Gasteiger partial charge in [-0.05, 0) is 19.8 Å². The van der Waals surface area contributed by atoms with Gasteiger partial charge < -0.3 is 10.2 Å². The van der Waals surface area contributed by atoms with Crippen molar-refractivity contribution in [2.75, 3.05) is 6.56 Å². The Bertz CT molecular complexity index is 88.4. The molecular weight excluding hydrogens is 92.1 g/mol. The van der Waals surface area contributed by atoms with Gasteiger partial charge in [0, 0.05) is 6.56 Å². The fourth-order valence-electron chi connectivity index (χ4n) is 0.237. The van der Waals surface area contributed by atoms with Crippen LogP contribution in [0.4, 0.5) is 0 Å². The van der Waals surface area contributed by atoms with E-state index in [4.69, 9.17) is 14.3 Å². The molecule has 0 radical (unpaired) electrons. The maximum Gasteiger partial charge on any atom is 0.0597 e. The summed E-state index contributed by atoms with van der Waals surface area (Å²) in [6, 6.07) is 0. The third-order valence-corrected chi connectivity index (χ3v) is 0.599. The molecule has 0 spiro atoms. The lowest BCUT2D eigenvalue weighted by molar-refractivity contribution is 0.167. The maximum absolute atomic E-state index is 8.77. The molecule has 0 fully saturated rings. The quantitative estimate of drug-likeness (QED) is 0.538. The molecular formula is C5H12O2. The van der Waals surface area contributed by atoms with E-state index in [1.807, 2.05) is 0 Å². The van der Waals surface area contributed by atoms with Crippen molar-refractivity contribution in [3.63, 3.8) is 0 Å². The van der Waals surface area contributed by atoms with Gasteiger partial charge in [0.15, 0.2) is 0 Å². The molecule has 0 aliphatic rings. The molecule has 2 N–H and O–H groups in total. The van der Waals surface area contributed by atoms with E-state index in [-0.39, 0.29) is 12.8 Å². The van der Waals surface area contributed by atoms with E-state index in [2.05, 4.69) is 0 Å². The maximum atomic E-state index is 8.77. The predicted octanol–water partition coefficient (Wildman–Crippen LogP) is 0.140. The van der Waals surface area contributed by atoms with Crippen LogP contribution < -0.4 is 0 Å². The van der Waals surface area contributed by atoms with Gasteiger partial charge >= 0.3 is 0 Å². The van der Waals surface area contributed by atoms with E-state index >= 15 is 0 Å². The zero-order valence-corrected chi connectivity index (χ0v) is 4.31. The highest BCUT2D eigenvalue weighted by Crippen LogP contribution is 1.92. The molecule has 1 atom stereocenters. The van der Waals surface area contributed by atoms with Crippen molar-refractivity contribution >= 4 is 0 Å². The summed E-state index contributed by atoms with van der Waals surface area (Å²) in [7, 11) is 0. The second kappa shape index (κ2) is 4.09. The van der Waals surface area contributed by atoms with Crippen LogP contribution in [-0.2, 0) is 0 Å². The van der Waals surface area contributed by atoms with E-state index < -0.39 is 12.6 Å². The van der Waals surface area contributed by atoms with E-state index in [1.165, 1.54) is 6.92 Å². The Morgan fingerprint density at radius 2 is 2.57 bits per heavy atom. The van der Waals surface area contributed by atoms with Gasteiger partial charge in [-0.25, -0.2) is 0 Å². The van der Waals surface area contributed by atoms with E-state index in [0.717, 1.165) is 0 Å². The van der Waals surface area contributed by atoms with E-state index in [0.29, 0.717) is 0 Å². The summed E-state index contributed by atoms with van der Waals surface area (Å²) in [6.07, 6.45) is -1.93. The molecule has 1 unspecified atom stereocenters. The second-order valence-corrected chi connectivity index (χ2v) is 1.39. The lowest BCUT2D eigenvalue weighted by Gasteiger charge is -1.98. The molecule has 0 aliphatic heterocycles. The minimum atomic E-state index is -2.27. The topological polar surface area (TPSA) is 40.5 Å². The highest BCUT2D eigenvalue weighted by molar-refractivity contribution is 4.43. The molecule has 44 valence electrons. The summed E-state index contributed by atoms with van der Waals surface area (Å²) >= 11 is 0. The molecule has 0 aromatic rings. The van der Waals surface area contributed by atoms with Gasteiger partial charge in [-0.1, -0.05) is 0 Å². The molecule has 7 heavy (non-hydrogen) atoms. The van der Waals surface area contributed by atoms with Crippen LogP contribution in [-0.4, -0.2) is 22.9 Å². The van der Waals surface area contributed by atoms with Gasteiger partial charge in [-0.3, -0.25) is 0 Å². The first-order valence-corrected chi connectivity index (χ1v) is 2.15. The molecule has 0 bridgehead atoms. The van der Waals surface area contributed by atoms with Gasteiger partial charge in [0.2, 0.25) is 0 Å². The van der Waals surface area contributed by atoms with Crippen LogP contribution in [0.3, 0.4) is 0 Å². The summed E-state index contributed by atoms with van der Waals surface area (Å²) in [5, 5.41) is 17.3. The van der Waals surface area contributed by atoms with Crippen molar-refractivity contribution in [3.8, 4) is 0 Å². The highest BCUT2D eigenvalue weighted by Gasteiger charge is 1.90. The third-order valence-electron chi connectivity index (χ3n) is 0.599. The number of rotatable bonds is 3. The third kappa shape index (κ3) is 5.92. The fourth-order valence-corrected chi connectivity index (χ4v) is 0.237. The lowest BCUT2D eigenvalue weighted by Crippen LogP contribution is -1.99. The van der Waals surface area contributed by atoms with Crippen LogP contribution in [0.25, 0.3) is 0 Å². The van der Waals surface area contributed by atoms with Crippen LogP contribution in [0, 0.1) is 0 Å². The van der Waals surface area contributed by atoms with Crippen molar-refractivity contribution in [3.05, 3.63) is 0 Å². The Morgan fingerprint density at radius 3 is 2.71 bits per heavy atom. The van der Waals surface area contributed by atoms with Gasteiger partial charge in [0.1, 0.15) is 0 Å². The summed E-state index contributed by atoms with van der Waals surface area (Å²) in [6.45, 7) is -1.02. The Balaban J connectivity index is 3.56. The van der Waals surface area contributed by atoms with Gasteiger partial charge in [0.05, 0.1) is 10.2 Å². The summed E-state index contributed by atoms with van der Waals surface area (Å²) in [5.74, 6) is 0. The molecule has 2 nitrogen and oxygen atoms in total. The van der Waals surface area contributed by atoms with Crippen LogP contribution >= 0.6 is 0 Å². The number of hydrogen-bond acceptors (Lipinski definition) is 2. The molecule has 0 aliphatic carbocycles. The predicted molar refractivity (Wildman–Crippen MR) is 28.0 cm³/mol. The van der Waals surface area contributed by atoms with Gasteiger partial charge in [-0.15, -0.1) is 0 Å². The standard InChI is InChI=1S/C5H12O2/c1-5(7)3-2-4-6/h5-7H,2-4H2,1H3/i4D2,5D. The first-order valence-electron chi connectivity index (χ1n) is 3.65. The molecule has 0 amide bonds. The van der Waals surface area contributed by atoms with Crippen LogP contribution in [0.2, 0.25) is 0 Å². The van der Waals surface area contributed by atoms with Gasteiger partial charge in [0.25, 0.3) is 0 Å². The minimum Gasteiger partial charge on any atom is -0.396 e. The molecule has 0 aromatic carbocycles. The largest absolute Gasteiger partial charge is 0.396 e. The summed E-state index contributed by atoms with van der Waals surface area (Å²) in [4.78, 5) is 0. The van der Waals surface area contributed by atoms with Gasteiger partial charge in [-0.2, -0.15) is 0 Å². The molecule has 0 aromatic heterocycles. The van der Waals surface area contributed by atoms with Crippen molar-refractivity contribution in [1.82, 2.24) is 0 Å². The van der Waals surface area contributed by atoms with Crippen LogP contribution in [0.15, 0.2) is 0 Å². The summed E-state index contributed by atoms with van der Waals surface area (Å²) < 4.78 is 20.2. The van der Waals surface area contributed by atoms with Crippen LogP contribution in [0.5, 0.6) is 0 Å². The van der Waals surface area contributed by atoms with Crippen molar-refractivity contribution in [2.24, 2.45) is 0 Å². The average molecular weight is 107 g/mol. The number of hydrogen-bond donors (Lipinski definition) is 2. The monoisotopic (exact) mass is 107 g/mol. The molecule has 0 rings (SSSR count). The highest BCUT2D eigenvalue weighted by atomic mass is 16.3. The molecule has 2 heteroatoms. The Morgan fingerprint density at radius 1 is 2.00 bits per heavy atom. The zero-order chi connectivity index (χ0) is 8.41. The zero-order valence-electron chi connectivity index (χ0n) is 7.31. The van der Waals surface area contributed by atoms with Crippen LogP contribution in [0.1, 0.15) is 23.9 Å². The fraction of sp³-hybridized carbons (Fsp3) is 1.00.